The van der Waals surface area contributed by atoms with Crippen LogP contribution in [0.4, 0.5) is 11.4 Å². The molecule has 2 aromatic rings. The summed E-state index contributed by atoms with van der Waals surface area (Å²) in [5.41, 5.74) is 7.55. The van der Waals surface area contributed by atoms with Crippen LogP contribution in [-0.4, -0.2) is 37.1 Å². The standard InChI is InChI=1S/C18H22N4O2/c1-24-17-7-3-2-6-16(17)22-10-4-5-14(12-22)21-13-8-9-20-15(11-13)18(19)23/h2-3,6-9,11,14H,4-5,10,12H2,1H3,(H2,19,23)(H,20,21)/t14-/m0/s1. The van der Waals surface area contributed by atoms with Crippen LogP contribution in [0.3, 0.4) is 0 Å². The van der Waals surface area contributed by atoms with Crippen molar-refractivity contribution < 1.29 is 9.53 Å². The van der Waals surface area contributed by atoms with Crippen molar-refractivity contribution in [2.24, 2.45) is 5.73 Å². The zero-order valence-corrected chi connectivity index (χ0v) is 13.7. The minimum Gasteiger partial charge on any atom is -0.495 e. The Bertz CT molecular complexity index is 720. The van der Waals surface area contributed by atoms with E-state index >= 15 is 0 Å². The van der Waals surface area contributed by atoms with Crippen LogP contribution >= 0.6 is 0 Å². The van der Waals surface area contributed by atoms with E-state index in [4.69, 9.17) is 10.5 Å². The molecule has 0 unspecified atom stereocenters. The molecule has 1 saturated heterocycles. The molecule has 0 bridgehead atoms. The minimum atomic E-state index is -0.516. The highest BCUT2D eigenvalue weighted by atomic mass is 16.5. The zero-order valence-electron chi connectivity index (χ0n) is 13.7. The van der Waals surface area contributed by atoms with Gasteiger partial charge in [0, 0.05) is 31.0 Å². The summed E-state index contributed by atoms with van der Waals surface area (Å²) < 4.78 is 5.47. The Kier molecular flexibility index (Phi) is 4.84. The summed E-state index contributed by atoms with van der Waals surface area (Å²) in [6.07, 6.45) is 3.76. The molecule has 6 nitrogen and oxygen atoms in total. The number of pyridine rings is 1. The third-order valence-corrected chi connectivity index (χ3v) is 4.23. The molecular formula is C18H22N4O2. The van der Waals surface area contributed by atoms with Crippen LogP contribution in [0.15, 0.2) is 42.6 Å². The van der Waals surface area contributed by atoms with Gasteiger partial charge < -0.3 is 20.7 Å². The van der Waals surface area contributed by atoms with Gasteiger partial charge in [0.1, 0.15) is 11.4 Å². The summed E-state index contributed by atoms with van der Waals surface area (Å²) in [6, 6.07) is 11.9. The lowest BCUT2D eigenvalue weighted by atomic mass is 10.0. The number of methoxy groups -OCH3 is 1. The Morgan fingerprint density at radius 3 is 3.00 bits per heavy atom. The predicted octanol–water partition coefficient (Wildman–Crippen LogP) is 2.27. The number of nitrogens with zero attached hydrogens (tertiary/aromatic N) is 2. The van der Waals surface area contributed by atoms with Crippen LogP contribution in [0.2, 0.25) is 0 Å². The van der Waals surface area contributed by atoms with Gasteiger partial charge in [-0.3, -0.25) is 9.78 Å². The fraction of sp³-hybridized carbons (Fsp3) is 0.333. The summed E-state index contributed by atoms with van der Waals surface area (Å²) in [7, 11) is 1.70. The number of hydrogen-bond acceptors (Lipinski definition) is 5. The van der Waals surface area contributed by atoms with Crippen LogP contribution in [0.5, 0.6) is 5.75 Å². The molecule has 0 aliphatic carbocycles. The van der Waals surface area contributed by atoms with Crippen molar-refractivity contribution in [1.29, 1.82) is 0 Å². The van der Waals surface area contributed by atoms with Crippen LogP contribution in [-0.2, 0) is 0 Å². The number of hydrogen-bond donors (Lipinski definition) is 2. The average molecular weight is 326 g/mol. The first-order valence-corrected chi connectivity index (χ1v) is 8.07. The van der Waals surface area contributed by atoms with Crippen molar-refractivity contribution >= 4 is 17.3 Å². The Morgan fingerprint density at radius 2 is 2.21 bits per heavy atom. The van der Waals surface area contributed by atoms with E-state index in [0.29, 0.717) is 0 Å². The molecule has 1 aromatic carbocycles. The minimum absolute atomic E-state index is 0.275. The van der Waals surface area contributed by atoms with Gasteiger partial charge in [-0.25, -0.2) is 0 Å². The van der Waals surface area contributed by atoms with E-state index in [1.807, 2.05) is 24.3 Å². The molecule has 126 valence electrons. The number of rotatable bonds is 5. The average Bonchev–Trinajstić information content (AvgIpc) is 2.62. The largest absolute Gasteiger partial charge is 0.495 e. The second kappa shape index (κ2) is 7.21. The lowest BCUT2D eigenvalue weighted by Crippen LogP contribution is -2.42. The van der Waals surface area contributed by atoms with Crippen LogP contribution in [0, 0.1) is 0 Å². The van der Waals surface area contributed by atoms with Gasteiger partial charge >= 0.3 is 0 Å². The van der Waals surface area contributed by atoms with Gasteiger partial charge in [0.05, 0.1) is 12.8 Å². The molecule has 0 spiro atoms. The molecule has 1 aromatic heterocycles. The van der Waals surface area contributed by atoms with Gasteiger partial charge in [0.2, 0.25) is 0 Å². The Balaban J connectivity index is 1.72. The topological polar surface area (TPSA) is 80.5 Å². The first-order chi connectivity index (χ1) is 11.7. The van der Waals surface area contributed by atoms with Crippen molar-refractivity contribution in [1.82, 2.24) is 4.98 Å². The zero-order chi connectivity index (χ0) is 16.9. The highest BCUT2D eigenvalue weighted by Crippen LogP contribution is 2.30. The van der Waals surface area contributed by atoms with E-state index in [-0.39, 0.29) is 11.7 Å². The molecule has 3 N–H and O–H groups in total. The summed E-state index contributed by atoms with van der Waals surface area (Å²) >= 11 is 0. The number of nitrogens with one attached hydrogen (secondary N) is 1. The molecule has 0 saturated carbocycles. The normalized spacial score (nSPS) is 17.4. The van der Waals surface area contributed by atoms with Crippen molar-refractivity contribution in [3.63, 3.8) is 0 Å². The molecule has 1 atom stereocenters. The van der Waals surface area contributed by atoms with E-state index in [1.54, 1.807) is 19.4 Å². The maximum atomic E-state index is 11.3. The molecule has 1 fully saturated rings. The van der Waals surface area contributed by atoms with E-state index in [1.165, 1.54) is 0 Å². The molecule has 1 aliphatic heterocycles. The molecule has 1 amide bonds. The Hall–Kier alpha value is -2.76. The van der Waals surface area contributed by atoms with E-state index in [2.05, 4.69) is 21.3 Å². The molecule has 1 aliphatic rings. The number of primary amides is 1. The third-order valence-electron chi connectivity index (χ3n) is 4.23. The van der Waals surface area contributed by atoms with E-state index in [9.17, 15) is 4.79 Å². The first kappa shape index (κ1) is 16.1. The Labute approximate surface area is 141 Å². The predicted molar refractivity (Wildman–Crippen MR) is 94.6 cm³/mol. The smallest absolute Gasteiger partial charge is 0.267 e. The van der Waals surface area contributed by atoms with Gasteiger partial charge in [0.15, 0.2) is 0 Å². The number of para-hydroxylation sites is 2. The molecule has 24 heavy (non-hydrogen) atoms. The number of amides is 1. The highest BCUT2D eigenvalue weighted by Gasteiger charge is 2.22. The van der Waals surface area contributed by atoms with E-state index < -0.39 is 5.91 Å². The van der Waals surface area contributed by atoms with Crippen molar-refractivity contribution in [2.75, 3.05) is 30.4 Å². The van der Waals surface area contributed by atoms with Gasteiger partial charge in [-0.2, -0.15) is 0 Å². The molecule has 2 heterocycles. The summed E-state index contributed by atoms with van der Waals surface area (Å²) in [4.78, 5) is 17.6. The number of ether oxygens (including phenoxy) is 1. The second-order valence-electron chi connectivity index (χ2n) is 5.90. The summed E-state index contributed by atoms with van der Waals surface area (Å²) in [5, 5.41) is 3.48. The third kappa shape index (κ3) is 3.59. The van der Waals surface area contributed by atoms with Crippen molar-refractivity contribution in [3.05, 3.63) is 48.3 Å². The fourth-order valence-corrected chi connectivity index (χ4v) is 3.10. The number of anilines is 2. The van der Waals surface area contributed by atoms with Crippen LogP contribution in [0.25, 0.3) is 0 Å². The number of carbonyl (C=O) groups excluding carboxylic acids is 1. The summed E-state index contributed by atoms with van der Waals surface area (Å²) in [5.74, 6) is 0.371. The van der Waals surface area contributed by atoms with Crippen molar-refractivity contribution in [3.8, 4) is 5.75 Å². The van der Waals surface area contributed by atoms with Crippen molar-refractivity contribution in [2.45, 2.75) is 18.9 Å². The SMILES string of the molecule is COc1ccccc1N1CCC[C@H](Nc2ccnc(C(N)=O)c2)C1. The number of piperidine rings is 1. The lowest BCUT2D eigenvalue weighted by Gasteiger charge is -2.35. The van der Waals surface area contributed by atoms with Gasteiger partial charge in [-0.05, 0) is 37.1 Å². The molecule has 3 rings (SSSR count). The highest BCUT2D eigenvalue weighted by molar-refractivity contribution is 5.91. The van der Waals surface area contributed by atoms with Gasteiger partial charge in [-0.15, -0.1) is 0 Å². The fourth-order valence-electron chi connectivity index (χ4n) is 3.10. The second-order valence-corrected chi connectivity index (χ2v) is 5.90. The molecular weight excluding hydrogens is 304 g/mol. The number of aromatic nitrogens is 1. The number of carbonyl (C=O) groups is 1. The maximum absolute atomic E-state index is 11.3. The van der Waals surface area contributed by atoms with Gasteiger partial charge in [0.25, 0.3) is 5.91 Å². The maximum Gasteiger partial charge on any atom is 0.267 e. The monoisotopic (exact) mass is 326 g/mol. The molecule has 0 radical (unpaired) electrons. The van der Waals surface area contributed by atoms with Crippen LogP contribution in [0.1, 0.15) is 23.3 Å². The number of benzene rings is 1. The summed E-state index contributed by atoms with van der Waals surface area (Å²) in [6.45, 7) is 1.87. The van der Waals surface area contributed by atoms with Gasteiger partial charge in [-0.1, -0.05) is 12.1 Å². The Morgan fingerprint density at radius 1 is 1.38 bits per heavy atom. The molecule has 6 heteroatoms. The number of nitrogens with two attached hydrogens (primary N) is 1. The van der Waals surface area contributed by atoms with Crippen LogP contribution < -0.4 is 20.7 Å². The first-order valence-electron chi connectivity index (χ1n) is 8.07. The quantitative estimate of drug-likeness (QED) is 0.881. The van der Waals surface area contributed by atoms with E-state index in [0.717, 1.165) is 43.1 Å². The lowest BCUT2D eigenvalue weighted by molar-refractivity contribution is 0.0995.